The molecule has 3 amide bonds. The Morgan fingerprint density at radius 3 is 2.29 bits per heavy atom. The molecule has 0 bridgehead atoms. The summed E-state index contributed by atoms with van der Waals surface area (Å²) in [5, 5.41) is 16.3. The first kappa shape index (κ1) is 26.0. The van der Waals surface area contributed by atoms with Crippen LogP contribution in [0.2, 0.25) is 0 Å². The van der Waals surface area contributed by atoms with E-state index in [0.717, 1.165) is 4.90 Å². The summed E-state index contributed by atoms with van der Waals surface area (Å²) in [4.78, 5) is 37.7. The third kappa shape index (κ3) is 6.73. The fraction of sp³-hybridized carbons (Fsp3) is 0.609. The number of hydrogen-bond acceptors (Lipinski definition) is 9. The van der Waals surface area contributed by atoms with Crippen molar-refractivity contribution < 1.29 is 38.4 Å². The molecule has 0 spiro atoms. The summed E-state index contributed by atoms with van der Waals surface area (Å²) in [6.45, 7) is 6.47. The highest BCUT2D eigenvalue weighted by atomic mass is 16.6. The van der Waals surface area contributed by atoms with E-state index in [9.17, 15) is 19.5 Å². The molecule has 0 radical (unpaired) electrons. The number of nitrogens with one attached hydrogen (secondary N) is 2. The van der Waals surface area contributed by atoms with Gasteiger partial charge in [-0.25, -0.2) is 0 Å². The molecule has 0 aromatic heterocycles. The van der Waals surface area contributed by atoms with Crippen molar-refractivity contribution >= 4 is 23.4 Å². The number of benzene rings is 1. The second-order valence-corrected chi connectivity index (χ2v) is 7.78. The number of hydrogen-bond donors (Lipinski definition) is 3. The number of nitrogens with zero attached hydrogens (tertiary/aromatic N) is 1. The first-order valence-electron chi connectivity index (χ1n) is 11.6. The Labute approximate surface area is 198 Å². The average Bonchev–Trinajstić information content (AvgIpc) is 3.08. The lowest BCUT2D eigenvalue weighted by molar-refractivity contribution is -0.139. The lowest BCUT2D eigenvalue weighted by Crippen LogP contribution is -2.53. The van der Waals surface area contributed by atoms with E-state index in [1.165, 1.54) is 0 Å². The molecule has 2 aliphatic rings. The van der Waals surface area contributed by atoms with Crippen molar-refractivity contribution in [2.24, 2.45) is 0 Å². The smallest absolute Gasteiger partial charge is 0.257 e. The Balaban J connectivity index is 1.38. The molecule has 1 fully saturated rings. The zero-order chi connectivity index (χ0) is 24.3. The third-order valence-corrected chi connectivity index (χ3v) is 5.52. The highest BCUT2D eigenvalue weighted by Gasteiger charge is 2.45. The van der Waals surface area contributed by atoms with E-state index >= 15 is 0 Å². The molecule has 1 saturated heterocycles. The number of aliphatic hydroxyl groups excluding tert-OH is 1. The van der Waals surface area contributed by atoms with E-state index in [-0.39, 0.29) is 18.7 Å². The molecule has 2 aliphatic heterocycles. The molecule has 2 atom stereocenters. The van der Waals surface area contributed by atoms with Crippen LogP contribution in [0.4, 0.5) is 5.69 Å². The van der Waals surface area contributed by atoms with Gasteiger partial charge in [-0.15, -0.1) is 0 Å². The predicted molar refractivity (Wildman–Crippen MR) is 121 cm³/mol. The van der Waals surface area contributed by atoms with Gasteiger partial charge in [0.2, 0.25) is 11.8 Å². The summed E-state index contributed by atoms with van der Waals surface area (Å²) in [5.74, 6) is -1.38. The van der Waals surface area contributed by atoms with Gasteiger partial charge >= 0.3 is 0 Å². The quantitative estimate of drug-likeness (QED) is 0.242. The number of amides is 3. The van der Waals surface area contributed by atoms with Crippen molar-refractivity contribution in [3.05, 3.63) is 29.3 Å². The monoisotopic (exact) mass is 479 g/mol. The van der Waals surface area contributed by atoms with E-state index in [1.54, 1.807) is 18.2 Å². The predicted octanol–water partition coefficient (Wildman–Crippen LogP) is 0.437. The summed E-state index contributed by atoms with van der Waals surface area (Å²) >= 11 is 0. The second-order valence-electron chi connectivity index (χ2n) is 7.78. The van der Waals surface area contributed by atoms with E-state index < -0.39 is 24.1 Å². The van der Waals surface area contributed by atoms with Gasteiger partial charge < -0.3 is 29.4 Å². The van der Waals surface area contributed by atoms with Gasteiger partial charge in [-0.05, 0) is 25.5 Å². The zero-order valence-electron chi connectivity index (χ0n) is 19.4. The van der Waals surface area contributed by atoms with Crippen LogP contribution >= 0.6 is 0 Å². The molecular formula is C23H33N3O8. The minimum absolute atomic E-state index is 0.121. The lowest BCUT2D eigenvalue weighted by Gasteiger charge is -2.32. The maximum atomic E-state index is 12.9. The van der Waals surface area contributed by atoms with Gasteiger partial charge in [-0.3, -0.25) is 24.6 Å². The fourth-order valence-electron chi connectivity index (χ4n) is 3.89. The molecule has 34 heavy (non-hydrogen) atoms. The molecule has 11 nitrogen and oxygen atoms in total. The molecule has 2 unspecified atom stereocenters. The van der Waals surface area contributed by atoms with Gasteiger partial charge in [-0.1, -0.05) is 6.07 Å². The Morgan fingerprint density at radius 1 is 1.00 bits per heavy atom. The van der Waals surface area contributed by atoms with Crippen molar-refractivity contribution in [2.75, 3.05) is 64.7 Å². The lowest BCUT2D eigenvalue weighted by atomic mass is 10.0. The van der Waals surface area contributed by atoms with E-state index in [2.05, 4.69) is 10.6 Å². The minimum atomic E-state index is -1.28. The Kier molecular flexibility index (Phi) is 10.2. The number of piperidine rings is 1. The molecule has 0 aliphatic carbocycles. The van der Waals surface area contributed by atoms with Gasteiger partial charge in [0.15, 0.2) is 6.23 Å². The van der Waals surface area contributed by atoms with Crippen molar-refractivity contribution in [1.82, 2.24) is 10.2 Å². The number of ether oxygens (including phenoxy) is 4. The van der Waals surface area contributed by atoms with Crippen LogP contribution in [0.5, 0.6) is 0 Å². The molecule has 11 heteroatoms. The molecule has 1 aromatic rings. The van der Waals surface area contributed by atoms with Crippen LogP contribution < -0.4 is 10.6 Å². The number of rotatable bonds is 15. The first-order valence-corrected chi connectivity index (χ1v) is 11.6. The minimum Gasteiger partial charge on any atom is -0.382 e. The van der Waals surface area contributed by atoms with E-state index in [0.29, 0.717) is 76.2 Å². The van der Waals surface area contributed by atoms with Crippen LogP contribution in [-0.4, -0.2) is 93.2 Å². The highest BCUT2D eigenvalue weighted by molar-refractivity contribution is 6.06. The maximum absolute atomic E-state index is 12.9. The van der Waals surface area contributed by atoms with E-state index in [1.807, 2.05) is 6.92 Å². The summed E-state index contributed by atoms with van der Waals surface area (Å²) in [5.41, 5.74) is 1.35. The maximum Gasteiger partial charge on any atom is 0.257 e. The number of aliphatic hydroxyl groups is 1. The number of imide groups is 1. The molecule has 3 N–H and O–H groups in total. The Morgan fingerprint density at radius 2 is 1.65 bits per heavy atom. The number of anilines is 1. The highest BCUT2D eigenvalue weighted by Crippen LogP contribution is 2.39. The summed E-state index contributed by atoms with van der Waals surface area (Å²) in [7, 11) is 0. The van der Waals surface area contributed by atoms with Crippen LogP contribution in [0.3, 0.4) is 0 Å². The van der Waals surface area contributed by atoms with Crippen LogP contribution in [0, 0.1) is 0 Å². The van der Waals surface area contributed by atoms with Crippen LogP contribution in [0.15, 0.2) is 18.2 Å². The number of fused-ring (bicyclic) bond motifs is 1. The largest absolute Gasteiger partial charge is 0.382 e. The number of carbonyl (C=O) groups is 3. The van der Waals surface area contributed by atoms with Crippen molar-refractivity contribution in [1.29, 1.82) is 0 Å². The van der Waals surface area contributed by atoms with Crippen molar-refractivity contribution in [3.8, 4) is 0 Å². The van der Waals surface area contributed by atoms with Crippen molar-refractivity contribution in [2.45, 2.75) is 32.0 Å². The van der Waals surface area contributed by atoms with Gasteiger partial charge in [0.05, 0.1) is 46.2 Å². The van der Waals surface area contributed by atoms with Crippen LogP contribution in [0.1, 0.15) is 41.9 Å². The molecule has 0 saturated carbocycles. The topological polar surface area (TPSA) is 136 Å². The second kappa shape index (κ2) is 13.4. The summed E-state index contributed by atoms with van der Waals surface area (Å²) < 4.78 is 21.5. The molecule has 1 aromatic carbocycles. The van der Waals surface area contributed by atoms with Gasteiger partial charge in [-0.2, -0.15) is 0 Å². The first-order chi connectivity index (χ1) is 16.5. The Bertz CT molecular complexity index is 850. The molecule has 188 valence electrons. The van der Waals surface area contributed by atoms with Gasteiger partial charge in [0.25, 0.3) is 5.91 Å². The zero-order valence-corrected chi connectivity index (χ0v) is 19.4. The van der Waals surface area contributed by atoms with Crippen LogP contribution in [-0.2, 0) is 28.5 Å². The summed E-state index contributed by atoms with van der Waals surface area (Å²) in [6.07, 6.45) is -0.976. The Hall–Kier alpha value is -2.57. The normalized spacial score (nSPS) is 19.9. The van der Waals surface area contributed by atoms with Crippen LogP contribution in [0.25, 0.3) is 0 Å². The average molecular weight is 480 g/mol. The summed E-state index contributed by atoms with van der Waals surface area (Å²) in [6, 6.07) is 4.20. The molecule has 2 heterocycles. The molecule has 3 rings (SSSR count). The number of carbonyl (C=O) groups excluding carboxylic acids is 3. The van der Waals surface area contributed by atoms with Gasteiger partial charge in [0, 0.05) is 36.4 Å². The third-order valence-electron chi connectivity index (χ3n) is 5.52. The SMILES string of the molecule is CCOCCOCCOCCOCCNc1cccc2c1C(O)N(C1CCC(=O)NC1=O)C2=O. The standard InChI is InChI=1S/C23H33N3O8/c1-2-31-10-11-33-14-15-34-13-12-32-9-8-24-17-5-3-4-16-20(17)23(30)26(22(16)29)18-6-7-19(27)25-21(18)28/h3-5,18,23-24,30H,2,6-15H2,1H3,(H,25,27,28). The molecular weight excluding hydrogens is 446 g/mol. The van der Waals surface area contributed by atoms with E-state index in [4.69, 9.17) is 18.9 Å². The fourth-order valence-corrected chi connectivity index (χ4v) is 3.89. The van der Waals surface area contributed by atoms with Crippen molar-refractivity contribution in [3.63, 3.8) is 0 Å². The van der Waals surface area contributed by atoms with Gasteiger partial charge in [0.1, 0.15) is 6.04 Å².